The van der Waals surface area contributed by atoms with Crippen LogP contribution >= 0.6 is 82.3 Å². The molecule has 0 atom stereocenters. The lowest BCUT2D eigenvalue weighted by Crippen LogP contribution is -2.17. The number of nitrogens with one attached hydrogen (secondary N) is 7. The van der Waals surface area contributed by atoms with Crippen molar-refractivity contribution in [3.8, 4) is 11.5 Å². The molecule has 7 aliphatic rings. The van der Waals surface area contributed by atoms with Gasteiger partial charge >= 0.3 is 0 Å². The first-order valence-electron chi connectivity index (χ1n) is 32.3. The summed E-state index contributed by atoms with van der Waals surface area (Å²) in [5.41, 5.74) is 11.1. The van der Waals surface area contributed by atoms with Crippen molar-refractivity contribution in [2.45, 2.75) is 47.0 Å². The maximum Gasteiger partial charge on any atom is 0.290 e. The Hall–Kier alpha value is -11.3. The normalized spacial score (nSPS) is 18.2. The maximum absolute atomic E-state index is 11.4. The molecular weight excluding hydrogens is 1530 g/mol. The summed E-state index contributed by atoms with van der Waals surface area (Å²) in [5.74, 6) is -0.798. The van der Waals surface area contributed by atoms with Crippen LogP contribution < -0.4 is 46.7 Å². The van der Waals surface area contributed by atoms with Crippen LogP contribution in [0.1, 0.15) is 82.0 Å². The molecule has 14 amide bonds. The Morgan fingerprint density at radius 1 is 0.275 bits per heavy atom. The van der Waals surface area contributed by atoms with E-state index in [-0.39, 0.29) is 83.4 Å². The number of carbonyl (C=O) groups is 14. The fourth-order valence-corrected chi connectivity index (χ4v) is 14.0. The Morgan fingerprint density at radius 3 is 0.899 bits per heavy atom. The van der Waals surface area contributed by atoms with Crippen LogP contribution in [0.15, 0.2) is 210 Å². The number of hydrogen-bond acceptors (Lipinski definition) is 23. The summed E-state index contributed by atoms with van der Waals surface area (Å²) in [5, 5.41) is 13.3. The second kappa shape index (κ2) is 40.1. The van der Waals surface area contributed by atoms with Crippen molar-refractivity contribution in [3.05, 3.63) is 271 Å². The molecule has 556 valence electrons. The van der Waals surface area contributed by atoms with E-state index in [9.17, 15) is 67.1 Å². The number of rotatable bonds is 9. The van der Waals surface area contributed by atoms with Crippen molar-refractivity contribution in [3.63, 3.8) is 0 Å². The van der Waals surface area contributed by atoms with Gasteiger partial charge in [0.25, 0.3) is 78.0 Å². The van der Waals surface area contributed by atoms with E-state index in [0.717, 1.165) is 144 Å². The van der Waals surface area contributed by atoms with Crippen LogP contribution in [0.4, 0.5) is 33.6 Å². The molecule has 0 unspecified atom stereocenters. The summed E-state index contributed by atoms with van der Waals surface area (Å²) in [6.45, 7) is 12.4. The lowest BCUT2D eigenvalue weighted by atomic mass is 9.87. The fourth-order valence-electron chi connectivity index (χ4n) is 9.23. The lowest BCUT2D eigenvalue weighted by molar-refractivity contribution is -0.116. The summed E-state index contributed by atoms with van der Waals surface area (Å²) < 4.78 is 10.1. The molecule has 14 rings (SSSR count). The fraction of sp³-hybridized carbons (Fsp3) is 0.114. The summed E-state index contributed by atoms with van der Waals surface area (Å²) in [7, 11) is 3.17. The van der Waals surface area contributed by atoms with E-state index in [0.29, 0.717) is 40.1 Å². The Kier molecular flexibility index (Phi) is 30.7. The van der Waals surface area contributed by atoms with Gasteiger partial charge in [-0.05, 0) is 225 Å². The molecule has 7 fully saturated rings. The molecule has 0 radical (unpaired) electrons. The zero-order valence-corrected chi connectivity index (χ0v) is 64.9. The van der Waals surface area contributed by atoms with E-state index >= 15 is 0 Å². The number of hydrogen-bond donors (Lipinski definition) is 7. The molecule has 0 spiro atoms. The third kappa shape index (κ3) is 26.9. The highest BCUT2D eigenvalue weighted by atomic mass is 32.2. The average Bonchev–Trinajstić information content (AvgIpc) is 1.86. The van der Waals surface area contributed by atoms with Gasteiger partial charge in [0.2, 0.25) is 0 Å². The first-order valence-corrected chi connectivity index (χ1v) is 38.0. The third-order valence-electron chi connectivity index (χ3n) is 14.7. The molecular formula is C79H67N7O16S7. The lowest BCUT2D eigenvalue weighted by Gasteiger charge is -2.18. The first kappa shape index (κ1) is 83.4. The van der Waals surface area contributed by atoms with Gasteiger partial charge in [0.15, 0.2) is 0 Å². The van der Waals surface area contributed by atoms with Gasteiger partial charge in [-0.2, -0.15) is 0 Å². The van der Waals surface area contributed by atoms with Gasteiger partial charge in [0.1, 0.15) is 11.5 Å². The molecule has 7 saturated heterocycles. The summed E-state index contributed by atoms with van der Waals surface area (Å²) in [4.78, 5) is 158. The number of methoxy groups -OCH3 is 2. The number of carbonyl (C=O) groups excluding carboxylic acids is 14. The van der Waals surface area contributed by atoms with Gasteiger partial charge in [-0.1, -0.05) is 184 Å². The van der Waals surface area contributed by atoms with E-state index < -0.39 is 0 Å². The van der Waals surface area contributed by atoms with E-state index in [4.69, 9.17) is 9.47 Å². The number of aryl methyl sites for hydroxylation is 3. The SMILES string of the molecule is CC(C)(C)c1ccc(/C=C2\SC(=O)NC2=O)cc1.COc1ccc(/C=C2\SC(=O)NC2=O)cc1.COc1cccc(/C=C2\SC(=O)NC2=O)c1.Cc1ccc(/C=C2\SC(=O)NC2=O)cc1.Cc1cccc(/C=C2\SC(=O)NC2=O)c1.Cc1ccccc1/C=C1\SC(=O)NC1=O.O=C1NC(=O)/C(=C/c2ccccc2)S1. The van der Waals surface area contributed by atoms with Crippen molar-refractivity contribution in [1.82, 2.24) is 37.2 Å². The average molecular weight is 1590 g/mol. The number of benzene rings is 7. The van der Waals surface area contributed by atoms with Gasteiger partial charge in [0, 0.05) is 0 Å². The smallest absolute Gasteiger partial charge is 0.290 e. The number of imide groups is 7. The summed E-state index contributed by atoms with van der Waals surface area (Å²) in [6, 6.07) is 55.2. The molecule has 7 N–H and O–H groups in total. The molecule has 0 saturated carbocycles. The maximum atomic E-state index is 11.4. The number of amides is 14. The van der Waals surface area contributed by atoms with Crippen LogP contribution in [0.2, 0.25) is 0 Å². The highest BCUT2D eigenvalue weighted by Gasteiger charge is 2.30. The molecule has 7 aliphatic heterocycles. The predicted octanol–water partition coefficient (Wildman–Crippen LogP) is 16.3. The molecule has 30 heteroatoms. The van der Waals surface area contributed by atoms with Crippen LogP contribution in [0, 0.1) is 20.8 Å². The molecule has 109 heavy (non-hydrogen) atoms. The minimum absolute atomic E-state index is 0.112. The minimum Gasteiger partial charge on any atom is -0.497 e. The predicted molar refractivity (Wildman–Crippen MR) is 435 cm³/mol. The van der Waals surface area contributed by atoms with E-state index in [2.05, 4.69) is 58.0 Å². The van der Waals surface area contributed by atoms with Crippen LogP contribution in [-0.4, -0.2) is 92.2 Å². The highest BCUT2D eigenvalue weighted by molar-refractivity contribution is 8.20. The van der Waals surface area contributed by atoms with Crippen molar-refractivity contribution < 1.29 is 76.6 Å². The molecule has 7 heterocycles. The number of thioether (sulfide) groups is 7. The van der Waals surface area contributed by atoms with Gasteiger partial charge < -0.3 is 9.47 Å². The van der Waals surface area contributed by atoms with Gasteiger partial charge in [-0.15, -0.1) is 0 Å². The second-order valence-electron chi connectivity index (χ2n) is 24.0. The van der Waals surface area contributed by atoms with E-state index in [1.54, 1.807) is 75.0 Å². The molecule has 0 bridgehead atoms. The van der Waals surface area contributed by atoms with Crippen LogP contribution in [0.25, 0.3) is 42.5 Å². The summed E-state index contributed by atoms with van der Waals surface area (Å²) >= 11 is 6.49. The zero-order valence-electron chi connectivity index (χ0n) is 59.2. The van der Waals surface area contributed by atoms with Crippen LogP contribution in [0.3, 0.4) is 0 Å². The van der Waals surface area contributed by atoms with E-state index in [1.165, 1.54) is 5.56 Å². The third-order valence-corrected chi connectivity index (χ3v) is 20.3. The summed E-state index contributed by atoms with van der Waals surface area (Å²) in [6.07, 6.45) is 11.9. The quantitative estimate of drug-likeness (QED) is 0.0660. The zero-order chi connectivity index (χ0) is 78.9. The molecule has 0 aliphatic carbocycles. The van der Waals surface area contributed by atoms with Crippen molar-refractivity contribution >= 4 is 203 Å². The van der Waals surface area contributed by atoms with Crippen LogP contribution in [-0.2, 0) is 39.0 Å². The second-order valence-corrected chi connectivity index (χ2v) is 31.1. The Morgan fingerprint density at radius 2 is 0.569 bits per heavy atom. The van der Waals surface area contributed by atoms with Crippen molar-refractivity contribution in [2.24, 2.45) is 0 Å². The monoisotopic (exact) mass is 1590 g/mol. The van der Waals surface area contributed by atoms with Gasteiger partial charge in [-0.25, -0.2) is 0 Å². The van der Waals surface area contributed by atoms with E-state index in [1.807, 2.05) is 178 Å². The largest absolute Gasteiger partial charge is 0.497 e. The molecule has 7 aromatic rings. The Labute approximate surface area is 656 Å². The van der Waals surface area contributed by atoms with Gasteiger partial charge in [0.05, 0.1) is 48.6 Å². The highest BCUT2D eigenvalue weighted by Crippen LogP contribution is 2.33. The molecule has 7 aromatic carbocycles. The topological polar surface area (TPSA) is 342 Å². The first-order chi connectivity index (χ1) is 51.9. The van der Waals surface area contributed by atoms with Crippen molar-refractivity contribution in [2.75, 3.05) is 14.2 Å². The molecule has 23 nitrogen and oxygen atoms in total. The molecule has 0 aromatic heterocycles. The Bertz CT molecular complexity index is 5010. The minimum atomic E-state index is -0.349. The number of ether oxygens (including phenoxy) is 2. The van der Waals surface area contributed by atoms with Crippen molar-refractivity contribution in [1.29, 1.82) is 0 Å². The van der Waals surface area contributed by atoms with Gasteiger partial charge in [-0.3, -0.25) is 104 Å². The van der Waals surface area contributed by atoms with Crippen LogP contribution in [0.5, 0.6) is 11.5 Å². The standard InChI is InChI=1S/C14H15NO2S.2C11H9NO3S.3C11H9NO2S.C10H7NO2S/c1-14(2,3)10-6-4-9(5-7-10)8-11-12(16)15-13(17)18-11;1-15-8-4-2-7(3-5-8)6-9-10(13)12-11(14)16-9;1-15-8-4-2-3-7(5-8)6-9-10(13)12-11(14)16-9;1-7-2-4-8(5-3-7)6-9-10(13)12-11(14)15-9;1-7-3-2-4-8(5-7)6-9-10(13)12-11(14)15-9;1-7-4-2-3-5-8(7)6-9-10(13)12-11(14)15-9;12-9-8(14-10(13)11-9)6-7-4-2-1-3-5-7/h4-8H,1-3H3,(H,15,16,17);2*2-6H,1H3,(H,12,13,14);3*2-6H,1H3,(H,12,13,14);1-6H,(H,11,12,13)/b11-8-;5*9-6-;8-6-. The Balaban J connectivity index is 0.000000160.